The van der Waals surface area contributed by atoms with Gasteiger partial charge in [0.1, 0.15) is 17.2 Å². The summed E-state index contributed by atoms with van der Waals surface area (Å²) < 4.78 is 42.8. The van der Waals surface area contributed by atoms with Crippen LogP contribution in [-0.4, -0.2) is 47.8 Å². The van der Waals surface area contributed by atoms with Gasteiger partial charge in [-0.2, -0.15) is 18.3 Å². The van der Waals surface area contributed by atoms with Crippen LogP contribution in [0.2, 0.25) is 0 Å². The minimum absolute atomic E-state index is 0.00913. The number of alkyl halides is 3. The molecule has 0 radical (unpaired) electrons. The number of hydrogen-bond acceptors (Lipinski definition) is 6. The number of nitrogens with zero attached hydrogens (tertiary/aromatic N) is 8. The van der Waals surface area contributed by atoms with Crippen LogP contribution in [0.25, 0.3) is 22.9 Å². The van der Waals surface area contributed by atoms with Crippen LogP contribution in [0.15, 0.2) is 42.9 Å². The third kappa shape index (κ3) is 4.31. The quantitative estimate of drug-likeness (QED) is 0.340. The Labute approximate surface area is 228 Å². The molecule has 1 amide bonds. The monoisotopic (exact) mass is 548 g/mol. The lowest BCUT2D eigenvalue weighted by Crippen LogP contribution is -2.47. The van der Waals surface area contributed by atoms with E-state index in [-0.39, 0.29) is 24.3 Å². The summed E-state index contributed by atoms with van der Waals surface area (Å²) in [5, 5.41) is 4.56. The Morgan fingerprint density at radius 3 is 2.38 bits per heavy atom. The first-order valence-corrected chi connectivity index (χ1v) is 13.4. The summed E-state index contributed by atoms with van der Waals surface area (Å²) in [6, 6.07) is 7.76. The van der Waals surface area contributed by atoms with Gasteiger partial charge in [0.2, 0.25) is 5.91 Å². The van der Waals surface area contributed by atoms with Gasteiger partial charge in [0.15, 0.2) is 17.3 Å². The number of fused-ring (bicyclic) bond motifs is 1. The molecule has 4 aromatic rings. The molecule has 1 aromatic carbocycles. The Kier molecular flexibility index (Phi) is 5.52. The molecule has 1 aliphatic heterocycles. The van der Waals surface area contributed by atoms with Crippen molar-refractivity contribution in [2.45, 2.75) is 57.4 Å². The zero-order valence-electron chi connectivity index (χ0n) is 22.1. The van der Waals surface area contributed by atoms with Gasteiger partial charge in [-0.05, 0) is 43.7 Å². The summed E-state index contributed by atoms with van der Waals surface area (Å²) in [5.41, 5.74) is 3.16. The maximum atomic E-state index is 13.2. The fourth-order valence-corrected chi connectivity index (χ4v) is 5.37. The predicted molar refractivity (Wildman–Crippen MR) is 141 cm³/mol. The van der Waals surface area contributed by atoms with Crippen LogP contribution in [0.1, 0.15) is 48.5 Å². The molecule has 12 heteroatoms. The van der Waals surface area contributed by atoms with Crippen LogP contribution in [0.4, 0.5) is 24.7 Å². The molecule has 0 unspecified atom stereocenters. The number of rotatable bonds is 6. The lowest BCUT2D eigenvalue weighted by Gasteiger charge is -2.36. The molecule has 9 nitrogen and oxygen atoms in total. The highest BCUT2D eigenvalue weighted by molar-refractivity contribution is 6.03. The van der Waals surface area contributed by atoms with Crippen molar-refractivity contribution in [1.29, 1.82) is 0 Å². The van der Waals surface area contributed by atoms with Crippen molar-refractivity contribution in [3.63, 3.8) is 0 Å². The van der Waals surface area contributed by atoms with Crippen molar-refractivity contribution in [2.24, 2.45) is 7.05 Å². The van der Waals surface area contributed by atoms with Crippen molar-refractivity contribution in [1.82, 2.24) is 29.3 Å². The number of amides is 1. The van der Waals surface area contributed by atoms with Crippen LogP contribution in [0.3, 0.4) is 0 Å². The molecule has 40 heavy (non-hydrogen) atoms. The zero-order chi connectivity index (χ0) is 27.8. The maximum absolute atomic E-state index is 13.2. The number of benzene rings is 1. The van der Waals surface area contributed by atoms with Crippen LogP contribution in [-0.2, 0) is 24.6 Å². The number of carbonyl (C=O) groups excluding carboxylic acids is 1. The van der Waals surface area contributed by atoms with Gasteiger partial charge >= 0.3 is 6.18 Å². The molecule has 0 bridgehead atoms. The third-order valence-corrected chi connectivity index (χ3v) is 7.65. The average Bonchev–Trinajstić information content (AvgIpc) is 3.85. The Morgan fingerprint density at radius 2 is 1.73 bits per heavy atom. The van der Waals surface area contributed by atoms with Crippen LogP contribution in [0.5, 0.6) is 0 Å². The molecule has 2 aliphatic carbocycles. The van der Waals surface area contributed by atoms with Gasteiger partial charge in [-0.1, -0.05) is 24.3 Å². The highest BCUT2D eigenvalue weighted by Gasteiger charge is 2.41. The number of aryl methyl sites for hydroxylation is 2. The fourth-order valence-electron chi connectivity index (χ4n) is 5.37. The smallest absolute Gasteiger partial charge is 0.341 e. The van der Waals surface area contributed by atoms with E-state index in [1.54, 1.807) is 25.4 Å². The van der Waals surface area contributed by atoms with Gasteiger partial charge < -0.3 is 14.4 Å². The van der Waals surface area contributed by atoms with Crippen LogP contribution >= 0.6 is 0 Å². The molecule has 3 aliphatic rings. The first-order chi connectivity index (χ1) is 19.2. The summed E-state index contributed by atoms with van der Waals surface area (Å²) in [4.78, 5) is 30.5. The van der Waals surface area contributed by atoms with Crippen LogP contribution in [0, 0.1) is 6.92 Å². The molecule has 7 rings (SSSR count). The molecule has 3 aromatic heterocycles. The molecule has 4 heterocycles. The third-order valence-electron chi connectivity index (χ3n) is 7.65. The van der Waals surface area contributed by atoms with E-state index in [1.165, 1.54) is 4.57 Å². The normalized spacial score (nSPS) is 17.5. The lowest BCUT2D eigenvalue weighted by atomic mass is 10.1. The second kappa shape index (κ2) is 8.90. The van der Waals surface area contributed by atoms with E-state index in [1.807, 2.05) is 39.7 Å². The van der Waals surface area contributed by atoms with Gasteiger partial charge in [-0.15, -0.1) is 0 Å². The number of carbonyl (C=O) groups is 1. The highest BCUT2D eigenvalue weighted by atomic mass is 19.4. The molecule has 2 saturated carbocycles. The second-order valence-corrected chi connectivity index (χ2v) is 10.9. The fraction of sp³-hybridized carbons (Fsp3) is 0.393. The standard InChI is InChI=1S/C28H27F3N8O/c1-16-11-33-39(20-9-10-20)24(16)25-32-12-21-27(35-25)37(15-23(40)38(21)19-7-8-19)13-17-3-5-18(6-4-17)26-34-22(14-36(26)2)28(29,30)31/h3-6,11-12,14,19-20H,7-10,13,15H2,1-2H3. The predicted octanol–water partition coefficient (Wildman–Crippen LogP) is 4.92. The van der Waals surface area contributed by atoms with E-state index in [0.717, 1.165) is 48.7 Å². The summed E-state index contributed by atoms with van der Waals surface area (Å²) in [5.74, 6) is 1.52. The summed E-state index contributed by atoms with van der Waals surface area (Å²) in [6.07, 6.45) is 4.17. The van der Waals surface area contributed by atoms with Gasteiger partial charge in [-0.3, -0.25) is 9.48 Å². The highest BCUT2D eigenvalue weighted by Crippen LogP contribution is 2.42. The topological polar surface area (TPSA) is 85.0 Å². The van der Waals surface area contributed by atoms with E-state index >= 15 is 0 Å². The van der Waals surface area contributed by atoms with E-state index < -0.39 is 11.9 Å². The number of aromatic nitrogens is 6. The maximum Gasteiger partial charge on any atom is 0.434 e. The molecule has 206 valence electrons. The minimum atomic E-state index is -4.51. The second-order valence-electron chi connectivity index (χ2n) is 10.9. The van der Waals surface area contributed by atoms with Gasteiger partial charge in [0.05, 0.1) is 25.0 Å². The molecule has 0 spiro atoms. The first-order valence-electron chi connectivity index (χ1n) is 13.4. The molecule has 0 atom stereocenters. The van der Waals surface area contributed by atoms with Gasteiger partial charge in [-0.25, -0.2) is 15.0 Å². The van der Waals surface area contributed by atoms with E-state index in [0.29, 0.717) is 35.5 Å². The van der Waals surface area contributed by atoms with Crippen molar-refractivity contribution < 1.29 is 18.0 Å². The Bertz CT molecular complexity index is 1620. The average molecular weight is 549 g/mol. The Hall–Kier alpha value is -4.22. The summed E-state index contributed by atoms with van der Waals surface area (Å²) in [7, 11) is 1.54. The zero-order valence-corrected chi connectivity index (χ0v) is 22.1. The van der Waals surface area contributed by atoms with Crippen molar-refractivity contribution in [2.75, 3.05) is 16.3 Å². The lowest BCUT2D eigenvalue weighted by molar-refractivity contribution is -0.140. The number of imidazole rings is 1. The van der Waals surface area contributed by atoms with Crippen molar-refractivity contribution >= 4 is 17.4 Å². The Balaban J connectivity index is 1.21. The summed E-state index contributed by atoms with van der Waals surface area (Å²) in [6.45, 7) is 2.59. The number of anilines is 2. The first kappa shape index (κ1) is 24.8. The largest absolute Gasteiger partial charge is 0.434 e. The van der Waals surface area contributed by atoms with Crippen molar-refractivity contribution in [3.05, 3.63) is 59.7 Å². The number of halogens is 3. The molecule has 2 fully saturated rings. The molecular formula is C28H27F3N8O. The number of hydrogen-bond donors (Lipinski definition) is 0. The van der Waals surface area contributed by atoms with E-state index in [9.17, 15) is 18.0 Å². The Morgan fingerprint density at radius 1 is 1.00 bits per heavy atom. The summed E-state index contributed by atoms with van der Waals surface area (Å²) >= 11 is 0. The van der Waals surface area contributed by atoms with Crippen LogP contribution < -0.4 is 9.80 Å². The molecule has 0 saturated heterocycles. The van der Waals surface area contributed by atoms with Crippen molar-refractivity contribution in [3.8, 4) is 22.9 Å². The molecule has 0 N–H and O–H groups in total. The minimum Gasteiger partial charge on any atom is -0.341 e. The van der Waals surface area contributed by atoms with E-state index in [2.05, 4.69) is 10.1 Å². The SMILES string of the molecule is Cc1cnn(C2CC2)c1-c1ncc2c(n1)N(Cc1ccc(-c3nc(C(F)(F)F)cn3C)cc1)CC(=O)N2C1CC1. The van der Waals surface area contributed by atoms with Gasteiger partial charge in [0.25, 0.3) is 0 Å². The van der Waals surface area contributed by atoms with E-state index in [4.69, 9.17) is 9.97 Å². The van der Waals surface area contributed by atoms with Gasteiger partial charge in [0, 0.05) is 31.4 Å². The molecular weight excluding hydrogens is 521 g/mol.